The molecular weight excluding hydrogens is 360 g/mol. The molecule has 5 nitrogen and oxygen atoms in total. The van der Waals surface area contributed by atoms with E-state index in [2.05, 4.69) is 27.2 Å². The number of aromatic nitrogens is 1. The zero-order valence-corrected chi connectivity index (χ0v) is 15.8. The zero-order chi connectivity index (χ0) is 19.1. The highest BCUT2D eigenvalue weighted by atomic mass is 32.1. The Morgan fingerprint density at radius 3 is 2.48 bits per heavy atom. The lowest BCUT2D eigenvalue weighted by Gasteiger charge is -2.05. The number of nitrogens with one attached hydrogen (secondary N) is 1. The van der Waals surface area contributed by atoms with Crippen LogP contribution in [0.3, 0.4) is 0 Å². The van der Waals surface area contributed by atoms with Crippen LogP contribution in [0.4, 0.5) is 0 Å². The number of amides is 1. The molecule has 1 heterocycles. The van der Waals surface area contributed by atoms with Gasteiger partial charge in [-0.05, 0) is 23.3 Å². The average molecular weight is 380 g/mol. The lowest BCUT2D eigenvalue weighted by molar-refractivity contribution is -0.120. The first kappa shape index (κ1) is 18.8. The smallest absolute Gasteiger partial charge is 0.337 e. The molecule has 2 aromatic carbocycles. The molecule has 0 bridgehead atoms. The second-order valence-corrected chi connectivity index (χ2v) is 6.98. The van der Waals surface area contributed by atoms with Crippen LogP contribution in [0.25, 0.3) is 0 Å². The number of esters is 1. The number of hydrogen-bond donors (Lipinski definition) is 1. The van der Waals surface area contributed by atoms with Crippen LogP contribution in [0.1, 0.15) is 32.2 Å². The van der Waals surface area contributed by atoms with Crippen LogP contribution in [0.15, 0.2) is 60.0 Å². The first-order chi connectivity index (χ1) is 13.1. The number of thiazole rings is 1. The Kier molecular flexibility index (Phi) is 6.33. The van der Waals surface area contributed by atoms with E-state index in [1.165, 1.54) is 12.7 Å². The molecule has 6 heteroatoms. The van der Waals surface area contributed by atoms with Gasteiger partial charge in [-0.3, -0.25) is 4.79 Å². The summed E-state index contributed by atoms with van der Waals surface area (Å²) in [5.74, 6) is -0.455. The predicted octanol–water partition coefficient (Wildman–Crippen LogP) is 3.38. The number of benzene rings is 2. The maximum absolute atomic E-state index is 12.2. The van der Waals surface area contributed by atoms with Gasteiger partial charge in [-0.1, -0.05) is 42.5 Å². The van der Waals surface area contributed by atoms with Gasteiger partial charge in [-0.25, -0.2) is 9.78 Å². The van der Waals surface area contributed by atoms with Gasteiger partial charge in [0.15, 0.2) is 0 Å². The molecule has 0 aliphatic heterocycles. The highest BCUT2D eigenvalue weighted by Crippen LogP contribution is 2.15. The molecule has 27 heavy (non-hydrogen) atoms. The monoisotopic (exact) mass is 380 g/mol. The van der Waals surface area contributed by atoms with Crippen molar-refractivity contribution >= 4 is 23.2 Å². The van der Waals surface area contributed by atoms with E-state index >= 15 is 0 Å². The number of carbonyl (C=O) groups excluding carboxylic acids is 2. The van der Waals surface area contributed by atoms with E-state index in [0.717, 1.165) is 22.7 Å². The summed E-state index contributed by atoms with van der Waals surface area (Å²) in [4.78, 5) is 28.1. The van der Waals surface area contributed by atoms with Crippen LogP contribution in [0.2, 0.25) is 0 Å². The van der Waals surface area contributed by atoms with Gasteiger partial charge in [-0.15, -0.1) is 11.3 Å². The van der Waals surface area contributed by atoms with Crippen molar-refractivity contribution in [2.24, 2.45) is 0 Å². The minimum atomic E-state index is -0.375. The highest BCUT2D eigenvalue weighted by Gasteiger charge is 2.09. The summed E-state index contributed by atoms with van der Waals surface area (Å²) < 4.78 is 4.67. The van der Waals surface area contributed by atoms with Gasteiger partial charge in [0, 0.05) is 18.3 Å². The summed E-state index contributed by atoms with van der Waals surface area (Å²) in [5, 5.41) is 5.81. The van der Waals surface area contributed by atoms with Crippen molar-refractivity contribution in [1.29, 1.82) is 0 Å². The van der Waals surface area contributed by atoms with E-state index in [-0.39, 0.29) is 18.3 Å². The van der Waals surface area contributed by atoms with E-state index in [0.29, 0.717) is 12.1 Å². The van der Waals surface area contributed by atoms with E-state index in [9.17, 15) is 9.59 Å². The van der Waals surface area contributed by atoms with Crippen molar-refractivity contribution in [3.8, 4) is 0 Å². The van der Waals surface area contributed by atoms with Gasteiger partial charge in [0.25, 0.3) is 0 Å². The SMILES string of the molecule is COC(=O)c1ccc(CNC(=O)Cc2csc(Cc3ccccc3)n2)cc1. The van der Waals surface area contributed by atoms with Crippen LogP contribution in [0, 0.1) is 0 Å². The molecule has 1 aromatic heterocycles. The second kappa shape index (κ2) is 9.09. The largest absolute Gasteiger partial charge is 0.465 e. The van der Waals surface area contributed by atoms with Crippen molar-refractivity contribution in [3.63, 3.8) is 0 Å². The molecule has 0 unspecified atom stereocenters. The van der Waals surface area contributed by atoms with Crippen LogP contribution in [0.5, 0.6) is 0 Å². The fourth-order valence-electron chi connectivity index (χ4n) is 2.59. The third-order valence-corrected chi connectivity index (χ3v) is 4.90. The van der Waals surface area contributed by atoms with E-state index in [4.69, 9.17) is 0 Å². The molecule has 1 N–H and O–H groups in total. The Hall–Kier alpha value is -2.99. The standard InChI is InChI=1S/C21H20N2O3S/c1-26-21(25)17-9-7-16(8-10-17)13-22-19(24)12-18-14-27-20(23-18)11-15-5-3-2-4-6-15/h2-10,14H,11-13H2,1H3,(H,22,24). The molecule has 3 aromatic rings. The predicted molar refractivity (Wildman–Crippen MR) is 105 cm³/mol. The summed E-state index contributed by atoms with van der Waals surface area (Å²) in [7, 11) is 1.35. The van der Waals surface area contributed by atoms with Crippen LogP contribution in [-0.4, -0.2) is 24.0 Å². The Labute approximate surface area is 162 Å². The third kappa shape index (κ3) is 5.49. The Bertz CT molecular complexity index is 905. The number of nitrogens with zero attached hydrogens (tertiary/aromatic N) is 1. The fraction of sp³-hybridized carbons (Fsp3) is 0.190. The van der Waals surface area contributed by atoms with Gasteiger partial charge >= 0.3 is 5.97 Å². The van der Waals surface area contributed by atoms with Crippen molar-refractivity contribution in [2.45, 2.75) is 19.4 Å². The summed E-state index contributed by atoms with van der Waals surface area (Å²) in [6, 6.07) is 17.1. The van der Waals surface area contributed by atoms with Crippen molar-refractivity contribution < 1.29 is 14.3 Å². The Morgan fingerprint density at radius 1 is 1.04 bits per heavy atom. The number of hydrogen-bond acceptors (Lipinski definition) is 5. The fourth-order valence-corrected chi connectivity index (χ4v) is 3.41. The number of ether oxygens (including phenoxy) is 1. The maximum Gasteiger partial charge on any atom is 0.337 e. The normalized spacial score (nSPS) is 10.4. The zero-order valence-electron chi connectivity index (χ0n) is 15.0. The van der Waals surface area contributed by atoms with Gasteiger partial charge in [0.05, 0.1) is 29.8 Å². The molecule has 0 radical (unpaired) electrons. The summed E-state index contributed by atoms with van der Waals surface area (Å²) in [6.45, 7) is 0.404. The van der Waals surface area contributed by atoms with E-state index < -0.39 is 0 Å². The van der Waals surface area contributed by atoms with Crippen LogP contribution in [-0.2, 0) is 28.9 Å². The lowest BCUT2D eigenvalue weighted by Crippen LogP contribution is -2.24. The molecule has 0 aliphatic rings. The molecule has 3 rings (SSSR count). The third-order valence-electron chi connectivity index (χ3n) is 4.00. The van der Waals surface area contributed by atoms with E-state index in [1.54, 1.807) is 35.6 Å². The van der Waals surface area contributed by atoms with Gasteiger partial charge in [-0.2, -0.15) is 0 Å². The van der Waals surface area contributed by atoms with Crippen LogP contribution < -0.4 is 5.32 Å². The Balaban J connectivity index is 1.49. The average Bonchev–Trinajstić information content (AvgIpc) is 3.13. The Morgan fingerprint density at radius 2 is 1.78 bits per heavy atom. The molecule has 0 aliphatic carbocycles. The first-order valence-corrected chi connectivity index (χ1v) is 9.43. The minimum absolute atomic E-state index is 0.0800. The van der Waals surface area contributed by atoms with Gasteiger partial charge < -0.3 is 10.1 Å². The summed E-state index contributed by atoms with van der Waals surface area (Å²) >= 11 is 1.57. The molecular formula is C21H20N2O3S. The number of rotatable bonds is 7. The van der Waals surface area contributed by atoms with Crippen molar-refractivity contribution in [1.82, 2.24) is 10.3 Å². The topological polar surface area (TPSA) is 68.3 Å². The minimum Gasteiger partial charge on any atom is -0.465 e. The molecule has 0 atom stereocenters. The molecule has 0 spiro atoms. The highest BCUT2D eigenvalue weighted by molar-refractivity contribution is 7.09. The lowest BCUT2D eigenvalue weighted by atomic mass is 10.1. The van der Waals surface area contributed by atoms with E-state index in [1.807, 2.05) is 23.6 Å². The van der Waals surface area contributed by atoms with Crippen molar-refractivity contribution in [2.75, 3.05) is 7.11 Å². The van der Waals surface area contributed by atoms with Crippen molar-refractivity contribution in [3.05, 3.63) is 87.4 Å². The summed E-state index contributed by atoms with van der Waals surface area (Å²) in [6.07, 6.45) is 1.03. The molecule has 0 saturated heterocycles. The van der Waals surface area contributed by atoms with Gasteiger partial charge in [0.2, 0.25) is 5.91 Å². The quantitative estimate of drug-likeness (QED) is 0.638. The first-order valence-electron chi connectivity index (χ1n) is 8.55. The number of methoxy groups -OCH3 is 1. The molecule has 0 fully saturated rings. The number of carbonyl (C=O) groups is 2. The molecule has 0 saturated carbocycles. The molecule has 138 valence electrons. The summed E-state index contributed by atoms with van der Waals surface area (Å²) in [5.41, 5.74) is 3.39. The van der Waals surface area contributed by atoms with Crippen LogP contribution >= 0.6 is 11.3 Å². The maximum atomic E-state index is 12.2. The molecule has 1 amide bonds. The second-order valence-electron chi connectivity index (χ2n) is 6.04. The van der Waals surface area contributed by atoms with Gasteiger partial charge in [0.1, 0.15) is 0 Å².